The van der Waals surface area contributed by atoms with Crippen LogP contribution in [0, 0.1) is 0 Å². The van der Waals surface area contributed by atoms with Crippen LogP contribution in [0.1, 0.15) is 18.5 Å². The number of hydrogen-bond acceptors (Lipinski definition) is 3. The van der Waals surface area contributed by atoms with E-state index in [0.29, 0.717) is 22.8 Å². The molecule has 0 aromatic heterocycles. The van der Waals surface area contributed by atoms with Gasteiger partial charge in [0.1, 0.15) is 0 Å². The molecule has 2 heterocycles. The van der Waals surface area contributed by atoms with Crippen LogP contribution in [0.5, 0.6) is 0 Å². The van der Waals surface area contributed by atoms with Gasteiger partial charge < -0.3 is 20.6 Å². The van der Waals surface area contributed by atoms with Gasteiger partial charge in [-0.15, -0.1) is 0 Å². The van der Waals surface area contributed by atoms with Gasteiger partial charge in [0, 0.05) is 11.6 Å². The predicted molar refractivity (Wildman–Crippen MR) is 81.1 cm³/mol. The fraction of sp³-hybridized carbons (Fsp3) is 0.333. The molecule has 0 unspecified atom stereocenters. The molecule has 0 bridgehead atoms. The van der Waals surface area contributed by atoms with E-state index in [2.05, 4.69) is 10.6 Å². The highest BCUT2D eigenvalue weighted by Crippen LogP contribution is 2.32. The second-order valence-corrected chi connectivity index (χ2v) is 5.95. The zero-order valence-electron chi connectivity index (χ0n) is 12.0. The highest BCUT2D eigenvalue weighted by Gasteiger charge is 2.40. The lowest BCUT2D eigenvalue weighted by atomic mass is 9.96. The molecule has 7 heteroatoms. The van der Waals surface area contributed by atoms with Gasteiger partial charge in [-0.2, -0.15) is 0 Å². The molecular weight excluding hydrogens is 306 g/mol. The Hall–Kier alpha value is -2.05. The second kappa shape index (κ2) is 5.62. The van der Waals surface area contributed by atoms with E-state index < -0.39 is 12.1 Å². The zero-order chi connectivity index (χ0) is 15.9. The second-order valence-electron chi connectivity index (χ2n) is 5.51. The predicted octanol–water partition coefficient (Wildman–Crippen LogP) is 1.17. The molecule has 0 fully saturated rings. The first-order valence-corrected chi connectivity index (χ1v) is 7.37. The number of nitrogens with one attached hydrogen (secondary N) is 2. The first kappa shape index (κ1) is 14.9. The van der Waals surface area contributed by atoms with Gasteiger partial charge in [0.2, 0.25) is 0 Å². The van der Waals surface area contributed by atoms with Crippen molar-refractivity contribution in [3.8, 4) is 0 Å². The average Bonchev–Trinajstić information content (AvgIpc) is 2.74. The SMILES string of the molecule is C[C@H](O)CN1CC2=C(C1=O)[C@@H](c1ccc(Cl)cc1)NC(=O)N2. The zero-order valence-corrected chi connectivity index (χ0v) is 12.7. The highest BCUT2D eigenvalue weighted by molar-refractivity contribution is 6.30. The lowest BCUT2D eigenvalue weighted by Gasteiger charge is -2.25. The lowest BCUT2D eigenvalue weighted by molar-refractivity contribution is -0.126. The number of β-amino-alcohol motifs (C(OH)–C–C–N with tert-alkyl or cyclic N) is 1. The van der Waals surface area contributed by atoms with Crippen LogP contribution in [0.2, 0.25) is 5.02 Å². The van der Waals surface area contributed by atoms with Crippen molar-refractivity contribution in [2.24, 2.45) is 0 Å². The summed E-state index contributed by atoms with van der Waals surface area (Å²) in [5.74, 6) is -0.177. The van der Waals surface area contributed by atoms with E-state index in [1.807, 2.05) is 0 Å². The summed E-state index contributed by atoms with van der Waals surface area (Å²) >= 11 is 5.89. The Bertz CT molecular complexity index is 655. The first-order chi connectivity index (χ1) is 10.5. The van der Waals surface area contributed by atoms with Crippen molar-refractivity contribution in [2.45, 2.75) is 19.1 Å². The third kappa shape index (κ3) is 2.67. The number of rotatable bonds is 3. The molecule has 0 saturated carbocycles. The summed E-state index contributed by atoms with van der Waals surface area (Å²) in [6.45, 7) is 2.16. The van der Waals surface area contributed by atoms with E-state index in [0.717, 1.165) is 5.56 Å². The van der Waals surface area contributed by atoms with Gasteiger partial charge in [-0.1, -0.05) is 23.7 Å². The third-order valence-corrected chi connectivity index (χ3v) is 3.96. The summed E-state index contributed by atoms with van der Waals surface area (Å²) in [5, 5.41) is 15.5. The topological polar surface area (TPSA) is 81.7 Å². The maximum Gasteiger partial charge on any atom is 0.319 e. The minimum Gasteiger partial charge on any atom is -0.392 e. The number of aliphatic hydroxyl groups is 1. The molecule has 1 aromatic carbocycles. The Labute approximate surface area is 132 Å². The molecule has 3 amide bonds. The molecule has 0 aliphatic carbocycles. The summed E-state index contributed by atoms with van der Waals surface area (Å²) in [7, 11) is 0. The summed E-state index contributed by atoms with van der Waals surface area (Å²) in [6, 6.07) is 6.16. The van der Waals surface area contributed by atoms with Crippen LogP contribution < -0.4 is 10.6 Å². The van der Waals surface area contributed by atoms with Crippen molar-refractivity contribution < 1.29 is 14.7 Å². The Balaban J connectivity index is 1.94. The van der Waals surface area contributed by atoms with Crippen LogP contribution in [0.25, 0.3) is 0 Å². The van der Waals surface area contributed by atoms with Crippen molar-refractivity contribution in [1.82, 2.24) is 15.5 Å². The summed E-state index contributed by atoms with van der Waals surface area (Å²) in [4.78, 5) is 25.9. The van der Waals surface area contributed by atoms with Gasteiger partial charge in [-0.3, -0.25) is 4.79 Å². The van der Waals surface area contributed by atoms with Gasteiger partial charge in [0.25, 0.3) is 5.91 Å². The van der Waals surface area contributed by atoms with E-state index in [1.165, 1.54) is 4.90 Å². The van der Waals surface area contributed by atoms with Gasteiger partial charge >= 0.3 is 6.03 Å². The fourth-order valence-corrected chi connectivity index (χ4v) is 2.93. The van der Waals surface area contributed by atoms with E-state index in [9.17, 15) is 14.7 Å². The Kier molecular flexibility index (Phi) is 3.80. The molecule has 2 aliphatic heterocycles. The van der Waals surface area contributed by atoms with Crippen LogP contribution >= 0.6 is 11.6 Å². The molecule has 116 valence electrons. The van der Waals surface area contributed by atoms with E-state index in [-0.39, 0.29) is 18.5 Å². The maximum atomic E-state index is 12.6. The molecular formula is C15H16ClN3O3. The van der Waals surface area contributed by atoms with E-state index in [4.69, 9.17) is 11.6 Å². The van der Waals surface area contributed by atoms with Crippen LogP contribution in [0.4, 0.5) is 4.79 Å². The largest absolute Gasteiger partial charge is 0.392 e. The average molecular weight is 322 g/mol. The molecule has 22 heavy (non-hydrogen) atoms. The van der Waals surface area contributed by atoms with Gasteiger partial charge in [0.15, 0.2) is 0 Å². The molecule has 0 radical (unpaired) electrons. The normalized spacial score (nSPS) is 22.3. The number of carbonyl (C=O) groups is 2. The lowest BCUT2D eigenvalue weighted by Crippen LogP contribution is -2.44. The molecule has 0 saturated heterocycles. The number of aliphatic hydroxyl groups excluding tert-OH is 1. The number of halogens is 1. The van der Waals surface area contributed by atoms with Gasteiger partial charge in [-0.05, 0) is 24.6 Å². The minimum absolute atomic E-state index is 0.177. The molecule has 6 nitrogen and oxygen atoms in total. The van der Waals surface area contributed by atoms with Crippen LogP contribution in [-0.2, 0) is 4.79 Å². The van der Waals surface area contributed by atoms with Crippen molar-refractivity contribution in [3.05, 3.63) is 46.1 Å². The van der Waals surface area contributed by atoms with Crippen molar-refractivity contribution >= 4 is 23.5 Å². The number of urea groups is 1. The van der Waals surface area contributed by atoms with Crippen LogP contribution in [0.15, 0.2) is 35.5 Å². The van der Waals surface area contributed by atoms with Crippen molar-refractivity contribution in [2.75, 3.05) is 13.1 Å². The molecule has 3 rings (SSSR count). The number of carbonyl (C=O) groups excluding carboxylic acids is 2. The van der Waals surface area contributed by atoms with Crippen molar-refractivity contribution in [3.63, 3.8) is 0 Å². The van der Waals surface area contributed by atoms with Crippen LogP contribution in [0.3, 0.4) is 0 Å². The Morgan fingerprint density at radius 1 is 1.36 bits per heavy atom. The fourth-order valence-electron chi connectivity index (χ4n) is 2.80. The van der Waals surface area contributed by atoms with E-state index >= 15 is 0 Å². The number of nitrogens with zero attached hydrogens (tertiary/aromatic N) is 1. The number of benzene rings is 1. The first-order valence-electron chi connectivity index (χ1n) is 6.99. The van der Waals surface area contributed by atoms with Gasteiger partial charge in [-0.25, -0.2) is 4.79 Å². The van der Waals surface area contributed by atoms with Gasteiger partial charge in [0.05, 0.1) is 30.0 Å². The molecule has 2 atom stereocenters. The quantitative estimate of drug-likeness (QED) is 0.781. The summed E-state index contributed by atoms with van der Waals surface area (Å²) in [6.07, 6.45) is -0.622. The number of hydrogen-bond donors (Lipinski definition) is 3. The smallest absolute Gasteiger partial charge is 0.319 e. The molecule has 2 aliphatic rings. The van der Waals surface area contributed by atoms with Crippen molar-refractivity contribution in [1.29, 1.82) is 0 Å². The molecule has 1 aromatic rings. The Morgan fingerprint density at radius 2 is 2.05 bits per heavy atom. The highest BCUT2D eigenvalue weighted by atomic mass is 35.5. The van der Waals surface area contributed by atoms with E-state index in [1.54, 1.807) is 31.2 Å². The summed E-state index contributed by atoms with van der Waals surface area (Å²) in [5.41, 5.74) is 1.90. The standard InChI is InChI=1S/C15H16ClN3O3/c1-8(20)6-19-7-11-12(14(19)21)13(18-15(22)17-11)9-2-4-10(16)5-3-9/h2-5,8,13,20H,6-7H2,1H3,(H2,17,18,22)/t8-,13+/m0/s1. The summed E-state index contributed by atoms with van der Waals surface area (Å²) < 4.78 is 0. The third-order valence-electron chi connectivity index (χ3n) is 3.71. The number of amides is 3. The van der Waals surface area contributed by atoms with Crippen LogP contribution in [-0.4, -0.2) is 41.1 Å². The molecule has 0 spiro atoms. The Morgan fingerprint density at radius 3 is 2.68 bits per heavy atom. The monoisotopic (exact) mass is 321 g/mol. The molecule has 3 N–H and O–H groups in total. The minimum atomic E-state index is -0.622. The maximum absolute atomic E-state index is 12.6.